The van der Waals surface area contributed by atoms with E-state index in [4.69, 9.17) is 11.6 Å². The zero-order valence-corrected chi connectivity index (χ0v) is 24.0. The van der Waals surface area contributed by atoms with Crippen molar-refractivity contribution in [1.29, 1.82) is 0 Å². The fourth-order valence-electron chi connectivity index (χ4n) is 4.22. The number of hydrogen-bond acceptors (Lipinski definition) is 4. The number of halogens is 1. The van der Waals surface area contributed by atoms with Crippen LogP contribution in [0.2, 0.25) is 5.02 Å². The molecule has 1 unspecified atom stereocenters. The van der Waals surface area contributed by atoms with Crippen molar-refractivity contribution in [2.45, 2.75) is 50.1 Å². The largest absolute Gasteiger partial charge is 0.354 e. The molecule has 3 aromatic carbocycles. The molecule has 0 saturated carbocycles. The van der Waals surface area contributed by atoms with E-state index in [1.807, 2.05) is 55.5 Å². The molecule has 0 heterocycles. The average Bonchev–Trinajstić information content (AvgIpc) is 2.95. The summed E-state index contributed by atoms with van der Waals surface area (Å²) in [5.41, 5.74) is 1.66. The van der Waals surface area contributed by atoms with E-state index < -0.39 is 16.1 Å². The third-order valence-electron chi connectivity index (χ3n) is 6.43. The zero-order chi connectivity index (χ0) is 28.3. The molecule has 1 atom stereocenters. The van der Waals surface area contributed by atoms with Gasteiger partial charge in [0.05, 0.1) is 4.90 Å². The second-order valence-corrected chi connectivity index (χ2v) is 11.8. The highest BCUT2D eigenvalue weighted by Gasteiger charge is 2.30. The molecular formula is C30H36ClN3O4S. The Labute approximate surface area is 236 Å². The van der Waals surface area contributed by atoms with Crippen LogP contribution in [0.5, 0.6) is 0 Å². The minimum atomic E-state index is -3.67. The molecule has 0 spiro atoms. The minimum Gasteiger partial charge on any atom is -0.354 e. The quantitative estimate of drug-likeness (QED) is 0.299. The first-order valence-electron chi connectivity index (χ1n) is 13.1. The molecule has 0 saturated heterocycles. The fraction of sp³-hybridized carbons (Fsp3) is 0.333. The maximum atomic E-state index is 13.7. The molecule has 7 nitrogen and oxygen atoms in total. The summed E-state index contributed by atoms with van der Waals surface area (Å²) >= 11 is 6.44. The van der Waals surface area contributed by atoms with Crippen LogP contribution < -0.4 is 5.32 Å². The number of carbonyl (C=O) groups is 2. The van der Waals surface area contributed by atoms with E-state index in [2.05, 4.69) is 5.32 Å². The maximum Gasteiger partial charge on any atom is 0.243 e. The number of sulfonamides is 1. The van der Waals surface area contributed by atoms with E-state index in [1.54, 1.807) is 41.3 Å². The van der Waals surface area contributed by atoms with Crippen molar-refractivity contribution < 1.29 is 18.0 Å². The highest BCUT2D eigenvalue weighted by molar-refractivity contribution is 7.89. The number of hydrogen-bond donors (Lipinski definition) is 1. The Morgan fingerprint density at radius 2 is 1.54 bits per heavy atom. The minimum absolute atomic E-state index is 0.0749. The smallest absolute Gasteiger partial charge is 0.243 e. The Kier molecular flexibility index (Phi) is 11.5. The molecule has 0 fully saturated rings. The van der Waals surface area contributed by atoms with Gasteiger partial charge >= 0.3 is 0 Å². The van der Waals surface area contributed by atoms with E-state index >= 15 is 0 Å². The molecule has 1 N–H and O–H groups in total. The monoisotopic (exact) mass is 569 g/mol. The lowest BCUT2D eigenvalue weighted by Gasteiger charge is -2.32. The topological polar surface area (TPSA) is 86.8 Å². The molecule has 9 heteroatoms. The average molecular weight is 570 g/mol. The van der Waals surface area contributed by atoms with Crippen LogP contribution >= 0.6 is 11.6 Å². The zero-order valence-electron chi connectivity index (χ0n) is 22.4. The molecule has 0 aromatic heterocycles. The van der Waals surface area contributed by atoms with Gasteiger partial charge < -0.3 is 10.2 Å². The van der Waals surface area contributed by atoms with Gasteiger partial charge in [0.1, 0.15) is 6.04 Å². The van der Waals surface area contributed by atoms with Crippen molar-refractivity contribution in [3.63, 3.8) is 0 Å². The van der Waals surface area contributed by atoms with Crippen LogP contribution in [0.3, 0.4) is 0 Å². The van der Waals surface area contributed by atoms with Crippen LogP contribution in [0.1, 0.15) is 37.3 Å². The first kappa shape index (κ1) is 30.3. The number of rotatable bonds is 14. The van der Waals surface area contributed by atoms with E-state index in [0.29, 0.717) is 24.4 Å². The molecule has 3 rings (SSSR count). The Bertz CT molecular complexity index is 1320. The molecule has 0 aliphatic heterocycles. The Morgan fingerprint density at radius 1 is 0.923 bits per heavy atom. The number of nitrogens with one attached hydrogen (secondary N) is 1. The van der Waals surface area contributed by atoms with Crippen molar-refractivity contribution in [3.8, 4) is 0 Å². The first-order valence-corrected chi connectivity index (χ1v) is 14.9. The molecule has 2 amide bonds. The lowest BCUT2D eigenvalue weighted by molar-refractivity contribution is -0.141. The van der Waals surface area contributed by atoms with Crippen LogP contribution in [0, 0.1) is 0 Å². The van der Waals surface area contributed by atoms with Crippen LogP contribution in [0.25, 0.3) is 0 Å². The van der Waals surface area contributed by atoms with Gasteiger partial charge in [0.15, 0.2) is 0 Å². The van der Waals surface area contributed by atoms with Gasteiger partial charge in [0.25, 0.3) is 0 Å². The molecule has 3 aromatic rings. The standard InChI is InChI=1S/C30H36ClN3O4S/c1-3-20-32-30(36)28(22-24-13-6-4-7-14-24)34(23-25-15-10-11-18-27(25)31)29(35)19-12-21-33(2)39(37,38)26-16-8-5-9-17-26/h4-11,13-18,28H,3,12,19-23H2,1-2H3,(H,32,36). The van der Waals surface area contributed by atoms with Gasteiger partial charge in [0.2, 0.25) is 21.8 Å². The number of amides is 2. The summed E-state index contributed by atoms with van der Waals surface area (Å²) in [5.74, 6) is -0.474. The highest BCUT2D eigenvalue weighted by atomic mass is 35.5. The number of benzene rings is 3. The van der Waals surface area contributed by atoms with Gasteiger partial charge in [-0.1, -0.05) is 85.3 Å². The molecule has 0 aliphatic carbocycles. The predicted octanol–water partition coefficient (Wildman–Crippen LogP) is 4.91. The summed E-state index contributed by atoms with van der Waals surface area (Å²) < 4.78 is 27.0. The van der Waals surface area contributed by atoms with Gasteiger partial charge in [-0.05, 0) is 42.2 Å². The molecule has 0 radical (unpaired) electrons. The van der Waals surface area contributed by atoms with E-state index in [-0.39, 0.29) is 36.2 Å². The second-order valence-electron chi connectivity index (χ2n) is 9.35. The maximum absolute atomic E-state index is 13.7. The van der Waals surface area contributed by atoms with Crippen molar-refractivity contribution >= 4 is 33.4 Å². The summed E-state index contributed by atoms with van der Waals surface area (Å²) in [6, 6.07) is 24.3. The molecule has 39 heavy (non-hydrogen) atoms. The van der Waals surface area contributed by atoms with Crippen molar-refractivity contribution in [2.24, 2.45) is 0 Å². The Balaban J connectivity index is 1.82. The second kappa shape index (κ2) is 14.8. The summed E-state index contributed by atoms with van der Waals surface area (Å²) in [4.78, 5) is 28.9. The predicted molar refractivity (Wildman–Crippen MR) is 155 cm³/mol. The first-order chi connectivity index (χ1) is 18.7. The van der Waals surface area contributed by atoms with Crippen LogP contribution in [-0.2, 0) is 32.6 Å². The van der Waals surface area contributed by atoms with Gasteiger partial charge in [0, 0.05) is 44.5 Å². The number of nitrogens with zero attached hydrogens (tertiary/aromatic N) is 2. The number of carbonyl (C=O) groups excluding carboxylic acids is 2. The molecule has 208 valence electrons. The van der Waals surface area contributed by atoms with Gasteiger partial charge in [-0.15, -0.1) is 0 Å². The van der Waals surface area contributed by atoms with Gasteiger partial charge in [-0.25, -0.2) is 12.7 Å². The summed E-state index contributed by atoms with van der Waals surface area (Å²) in [6.07, 6.45) is 1.49. The molecular weight excluding hydrogens is 534 g/mol. The normalized spacial score (nSPS) is 12.2. The third kappa shape index (κ3) is 8.65. The van der Waals surface area contributed by atoms with Crippen molar-refractivity contribution in [3.05, 3.63) is 101 Å². The summed E-state index contributed by atoms with van der Waals surface area (Å²) in [5, 5.41) is 3.46. The third-order valence-corrected chi connectivity index (χ3v) is 8.67. The lowest BCUT2D eigenvalue weighted by atomic mass is 10.0. The molecule has 0 aliphatic rings. The SMILES string of the molecule is CCCNC(=O)C(Cc1ccccc1)N(Cc1ccccc1Cl)C(=O)CCCN(C)S(=O)(=O)c1ccccc1. The van der Waals surface area contributed by atoms with Gasteiger partial charge in [-0.2, -0.15) is 0 Å². The Morgan fingerprint density at radius 3 is 2.18 bits per heavy atom. The molecule has 0 bridgehead atoms. The van der Waals surface area contributed by atoms with E-state index in [0.717, 1.165) is 17.5 Å². The summed E-state index contributed by atoms with van der Waals surface area (Å²) in [6.45, 7) is 2.79. The van der Waals surface area contributed by atoms with Crippen molar-refractivity contribution in [2.75, 3.05) is 20.1 Å². The van der Waals surface area contributed by atoms with Crippen LogP contribution in [-0.4, -0.2) is 55.6 Å². The van der Waals surface area contributed by atoms with E-state index in [1.165, 1.54) is 11.4 Å². The van der Waals surface area contributed by atoms with Crippen LogP contribution in [0.15, 0.2) is 89.8 Å². The fourth-order valence-corrected chi connectivity index (χ4v) is 5.65. The summed E-state index contributed by atoms with van der Waals surface area (Å²) in [7, 11) is -2.16. The van der Waals surface area contributed by atoms with E-state index in [9.17, 15) is 18.0 Å². The van der Waals surface area contributed by atoms with Gasteiger partial charge in [-0.3, -0.25) is 9.59 Å². The van der Waals surface area contributed by atoms with Crippen LogP contribution in [0.4, 0.5) is 0 Å². The van der Waals surface area contributed by atoms with Crippen molar-refractivity contribution in [1.82, 2.24) is 14.5 Å². The highest BCUT2D eigenvalue weighted by Crippen LogP contribution is 2.22. The Hall–Kier alpha value is -3.20. The lowest BCUT2D eigenvalue weighted by Crippen LogP contribution is -2.50.